The summed E-state index contributed by atoms with van der Waals surface area (Å²) < 4.78 is 26.8. The predicted molar refractivity (Wildman–Crippen MR) is 69.4 cm³/mol. The molecule has 18 heavy (non-hydrogen) atoms. The molecule has 0 heterocycles. The molecule has 2 aromatic rings. The van der Waals surface area contributed by atoms with Crippen molar-refractivity contribution in [3.63, 3.8) is 0 Å². The number of carbonyl (C=O) groups is 1. The number of benzene rings is 2. The molecule has 0 atom stereocenters. The highest BCUT2D eigenvalue weighted by molar-refractivity contribution is 7.86. The fourth-order valence-corrected chi connectivity index (χ4v) is 2.12. The lowest BCUT2D eigenvalue weighted by Gasteiger charge is -2.05. The molecule has 0 N–H and O–H groups in total. The molecule has 0 unspecified atom stereocenters. The Morgan fingerprint density at radius 3 is 2.28 bits per heavy atom. The first kappa shape index (κ1) is 12.6. The second-order valence-corrected chi connectivity index (χ2v) is 5.64. The summed E-state index contributed by atoms with van der Waals surface area (Å²) in [5.74, 6) is 0.258. The minimum absolute atomic E-state index is 0.00615. The van der Waals surface area contributed by atoms with E-state index in [1.54, 1.807) is 36.4 Å². The molecule has 94 valence electrons. The van der Waals surface area contributed by atoms with Gasteiger partial charge in [-0.05, 0) is 35.9 Å². The van der Waals surface area contributed by atoms with E-state index in [0.717, 1.165) is 17.0 Å². The van der Waals surface area contributed by atoms with Crippen LogP contribution < -0.4 is 4.18 Å². The van der Waals surface area contributed by atoms with E-state index >= 15 is 0 Å². The maximum atomic E-state index is 11.2. The fourth-order valence-electron chi connectivity index (χ4n) is 1.67. The smallest absolute Gasteiger partial charge is 0.306 e. The van der Waals surface area contributed by atoms with Gasteiger partial charge in [0.15, 0.2) is 5.78 Å². The highest BCUT2D eigenvalue weighted by atomic mass is 32.2. The largest absolute Gasteiger partial charge is 0.383 e. The van der Waals surface area contributed by atoms with Crippen molar-refractivity contribution in [2.24, 2.45) is 0 Å². The number of ketones is 1. The van der Waals surface area contributed by atoms with E-state index in [0.29, 0.717) is 5.56 Å². The average molecular weight is 264 g/mol. The Kier molecular flexibility index (Phi) is 3.09. The summed E-state index contributed by atoms with van der Waals surface area (Å²) in [7, 11) is -3.52. The second kappa shape index (κ2) is 4.42. The molecule has 2 rings (SSSR count). The summed E-state index contributed by atoms with van der Waals surface area (Å²) in [6.07, 6.45) is 0.996. The topological polar surface area (TPSA) is 60.4 Å². The van der Waals surface area contributed by atoms with Gasteiger partial charge in [0.1, 0.15) is 5.75 Å². The Bertz CT molecular complexity index is 717. The Morgan fingerprint density at radius 1 is 1.06 bits per heavy atom. The normalized spacial score (nSPS) is 11.4. The minimum atomic E-state index is -3.52. The quantitative estimate of drug-likeness (QED) is 0.631. The summed E-state index contributed by atoms with van der Waals surface area (Å²) in [6.45, 7) is 1.50. The monoisotopic (exact) mass is 264 g/mol. The molecular formula is C13H12O4S. The highest BCUT2D eigenvalue weighted by Crippen LogP contribution is 2.23. The van der Waals surface area contributed by atoms with Crippen molar-refractivity contribution in [1.82, 2.24) is 0 Å². The van der Waals surface area contributed by atoms with Crippen LogP contribution in [0.1, 0.15) is 17.3 Å². The van der Waals surface area contributed by atoms with Gasteiger partial charge >= 0.3 is 10.1 Å². The standard InChI is InChI=1S/C13H12O4S/c1-9(14)10-3-4-12-8-13(17-18(2,15)16)6-5-11(12)7-10/h3-8H,1-2H3. The van der Waals surface area contributed by atoms with Gasteiger partial charge < -0.3 is 4.18 Å². The molecule has 0 aliphatic heterocycles. The van der Waals surface area contributed by atoms with E-state index in [1.807, 2.05) is 0 Å². The summed E-state index contributed by atoms with van der Waals surface area (Å²) in [5.41, 5.74) is 0.624. The van der Waals surface area contributed by atoms with E-state index in [2.05, 4.69) is 0 Å². The molecule has 0 spiro atoms. The minimum Gasteiger partial charge on any atom is -0.383 e. The van der Waals surface area contributed by atoms with Gasteiger partial charge in [-0.3, -0.25) is 4.79 Å². The van der Waals surface area contributed by atoms with Crippen LogP contribution in [0.25, 0.3) is 10.8 Å². The van der Waals surface area contributed by atoms with E-state index in [9.17, 15) is 13.2 Å². The third kappa shape index (κ3) is 2.87. The zero-order chi connectivity index (χ0) is 13.3. The molecule has 2 aromatic carbocycles. The van der Waals surface area contributed by atoms with Crippen molar-refractivity contribution < 1.29 is 17.4 Å². The van der Waals surface area contributed by atoms with Crippen LogP contribution in [0.15, 0.2) is 36.4 Å². The maximum absolute atomic E-state index is 11.2. The SMILES string of the molecule is CC(=O)c1ccc2cc(OS(C)(=O)=O)ccc2c1. The van der Waals surface area contributed by atoms with Gasteiger partial charge in [0.25, 0.3) is 0 Å². The maximum Gasteiger partial charge on any atom is 0.306 e. The van der Waals surface area contributed by atoms with Crippen LogP contribution in [0.5, 0.6) is 5.75 Å². The first-order chi connectivity index (χ1) is 8.35. The van der Waals surface area contributed by atoms with Gasteiger partial charge in [0.2, 0.25) is 0 Å². The molecule has 0 radical (unpaired) electrons. The number of Topliss-reactive ketones (excluding diaryl/α,β-unsaturated/α-hetero) is 1. The fraction of sp³-hybridized carbons (Fsp3) is 0.154. The summed E-state index contributed by atoms with van der Waals surface area (Å²) >= 11 is 0. The van der Waals surface area contributed by atoms with Crippen LogP contribution in [0, 0.1) is 0 Å². The third-order valence-corrected chi connectivity index (χ3v) is 2.96. The van der Waals surface area contributed by atoms with Crippen LogP contribution in [0.4, 0.5) is 0 Å². The van der Waals surface area contributed by atoms with Crippen LogP contribution >= 0.6 is 0 Å². The van der Waals surface area contributed by atoms with E-state index in [1.165, 1.54) is 6.92 Å². The number of hydrogen-bond acceptors (Lipinski definition) is 4. The first-order valence-corrected chi connectivity index (χ1v) is 7.11. The van der Waals surface area contributed by atoms with Gasteiger partial charge in [0.05, 0.1) is 6.26 Å². The van der Waals surface area contributed by atoms with Crippen LogP contribution in [0.3, 0.4) is 0 Å². The molecule has 0 saturated heterocycles. The molecule has 0 aliphatic carbocycles. The average Bonchev–Trinajstić information content (AvgIpc) is 2.26. The van der Waals surface area contributed by atoms with Crippen LogP contribution in [-0.4, -0.2) is 20.5 Å². The molecule has 0 aliphatic rings. The van der Waals surface area contributed by atoms with Crippen molar-refractivity contribution in [3.8, 4) is 5.75 Å². The molecule has 0 fully saturated rings. The zero-order valence-corrected chi connectivity index (χ0v) is 10.8. The Labute approximate surface area is 105 Å². The van der Waals surface area contributed by atoms with Crippen molar-refractivity contribution in [2.45, 2.75) is 6.92 Å². The van der Waals surface area contributed by atoms with E-state index in [-0.39, 0.29) is 11.5 Å². The number of fused-ring (bicyclic) bond motifs is 1. The van der Waals surface area contributed by atoms with E-state index < -0.39 is 10.1 Å². The van der Waals surface area contributed by atoms with Crippen molar-refractivity contribution in [2.75, 3.05) is 6.26 Å². The molecule has 5 heteroatoms. The molecule has 0 bridgehead atoms. The predicted octanol–water partition coefficient (Wildman–Crippen LogP) is 2.38. The van der Waals surface area contributed by atoms with Gasteiger partial charge in [-0.25, -0.2) is 0 Å². The highest BCUT2D eigenvalue weighted by Gasteiger charge is 2.06. The zero-order valence-electron chi connectivity index (χ0n) is 10.0. The van der Waals surface area contributed by atoms with Gasteiger partial charge in [0, 0.05) is 5.56 Å². The summed E-state index contributed by atoms with van der Waals surface area (Å²) in [4.78, 5) is 11.2. The van der Waals surface area contributed by atoms with Gasteiger partial charge in [-0.2, -0.15) is 8.42 Å². The molecule has 0 saturated carbocycles. The van der Waals surface area contributed by atoms with Crippen molar-refractivity contribution in [1.29, 1.82) is 0 Å². The van der Waals surface area contributed by atoms with Crippen LogP contribution in [0.2, 0.25) is 0 Å². The molecule has 0 amide bonds. The van der Waals surface area contributed by atoms with Crippen molar-refractivity contribution in [3.05, 3.63) is 42.0 Å². The third-order valence-electron chi connectivity index (χ3n) is 2.47. The lowest BCUT2D eigenvalue weighted by atomic mass is 10.0. The molecular weight excluding hydrogens is 252 g/mol. The Morgan fingerprint density at radius 2 is 1.67 bits per heavy atom. The van der Waals surface area contributed by atoms with Gasteiger partial charge in [-0.1, -0.05) is 18.2 Å². The number of rotatable bonds is 3. The Hall–Kier alpha value is -1.88. The molecule has 0 aromatic heterocycles. The summed E-state index contributed by atoms with van der Waals surface area (Å²) in [6, 6.07) is 10.1. The summed E-state index contributed by atoms with van der Waals surface area (Å²) in [5, 5.41) is 1.68. The Balaban J connectivity index is 2.47. The first-order valence-electron chi connectivity index (χ1n) is 5.29. The second-order valence-electron chi connectivity index (χ2n) is 4.07. The van der Waals surface area contributed by atoms with Gasteiger partial charge in [-0.15, -0.1) is 0 Å². The van der Waals surface area contributed by atoms with E-state index in [4.69, 9.17) is 4.18 Å². The van der Waals surface area contributed by atoms with Crippen molar-refractivity contribution >= 4 is 26.7 Å². The number of hydrogen-bond donors (Lipinski definition) is 0. The number of carbonyl (C=O) groups excluding carboxylic acids is 1. The lowest BCUT2D eigenvalue weighted by molar-refractivity contribution is 0.101. The lowest BCUT2D eigenvalue weighted by Crippen LogP contribution is -2.05. The molecule has 4 nitrogen and oxygen atoms in total. The van der Waals surface area contributed by atoms with Crippen LogP contribution in [-0.2, 0) is 10.1 Å².